The molecule has 0 saturated heterocycles. The minimum Gasteiger partial charge on any atom is -0.497 e. The van der Waals surface area contributed by atoms with E-state index < -0.39 is 5.25 Å². The molecule has 130 valence electrons. The number of fused-ring (bicyclic) bond motifs is 1. The lowest BCUT2D eigenvalue weighted by Crippen LogP contribution is -2.22. The molecule has 0 aliphatic rings. The van der Waals surface area contributed by atoms with Gasteiger partial charge in [-0.1, -0.05) is 23.1 Å². The second-order valence-corrected chi connectivity index (χ2v) is 7.44. The molecule has 5 N–H and O–H groups in total. The van der Waals surface area contributed by atoms with Crippen molar-refractivity contribution in [2.45, 2.75) is 17.3 Å². The Balaban J connectivity index is 1.70. The summed E-state index contributed by atoms with van der Waals surface area (Å²) in [4.78, 5) is 24.9. The van der Waals surface area contributed by atoms with Crippen molar-refractivity contribution in [3.63, 3.8) is 0 Å². The number of carbonyl (C=O) groups excluding carboxylic acids is 1. The number of methoxy groups -OCH3 is 1. The maximum atomic E-state index is 12.4. The summed E-state index contributed by atoms with van der Waals surface area (Å²) in [6, 6.07) is 7.02. The van der Waals surface area contributed by atoms with Crippen molar-refractivity contribution in [3.8, 4) is 5.75 Å². The van der Waals surface area contributed by atoms with Crippen LogP contribution in [0, 0.1) is 0 Å². The third kappa shape index (κ3) is 4.09. The molecule has 0 spiro atoms. The average molecular weight is 376 g/mol. The van der Waals surface area contributed by atoms with Crippen LogP contribution in [0.5, 0.6) is 5.75 Å². The van der Waals surface area contributed by atoms with Crippen molar-refractivity contribution in [2.24, 2.45) is 0 Å². The van der Waals surface area contributed by atoms with Crippen LogP contribution in [-0.2, 0) is 4.79 Å². The zero-order chi connectivity index (χ0) is 18.0. The molecule has 1 atom stereocenters. The highest BCUT2D eigenvalue weighted by Crippen LogP contribution is 2.30. The molecule has 8 nitrogen and oxygen atoms in total. The molecule has 1 amide bonds. The summed E-state index contributed by atoms with van der Waals surface area (Å²) in [5, 5.41) is 3.24. The molecule has 0 aliphatic heterocycles. The first-order valence-corrected chi connectivity index (χ1v) is 8.96. The lowest BCUT2D eigenvalue weighted by Gasteiger charge is -2.09. The Labute approximate surface area is 152 Å². The number of carbonyl (C=O) groups is 1. The topological polar surface area (TPSA) is 129 Å². The third-order valence-corrected chi connectivity index (χ3v) is 5.12. The molecule has 0 radical (unpaired) electrons. The van der Waals surface area contributed by atoms with E-state index in [9.17, 15) is 4.79 Å². The molecule has 2 aromatic heterocycles. The molecule has 3 aromatic rings. The number of hydrogen-bond donors (Lipinski definition) is 3. The van der Waals surface area contributed by atoms with E-state index in [1.807, 2.05) is 18.2 Å². The van der Waals surface area contributed by atoms with E-state index >= 15 is 0 Å². The average Bonchev–Trinajstić information content (AvgIpc) is 2.94. The summed E-state index contributed by atoms with van der Waals surface area (Å²) in [6.07, 6.45) is 0. The molecule has 0 fully saturated rings. The fourth-order valence-electron chi connectivity index (χ4n) is 2.02. The van der Waals surface area contributed by atoms with Gasteiger partial charge in [-0.15, -0.1) is 0 Å². The van der Waals surface area contributed by atoms with Gasteiger partial charge in [-0.05, 0) is 25.1 Å². The number of ether oxygens (including phenoxy) is 1. The van der Waals surface area contributed by atoms with Crippen molar-refractivity contribution in [1.29, 1.82) is 0 Å². The maximum Gasteiger partial charge on any atom is 0.239 e. The first kappa shape index (κ1) is 17.2. The molecule has 1 unspecified atom stereocenters. The van der Waals surface area contributed by atoms with Crippen LogP contribution in [0.3, 0.4) is 0 Å². The summed E-state index contributed by atoms with van der Waals surface area (Å²) in [5.41, 5.74) is 12.1. The number of nitrogen functional groups attached to an aromatic ring is 2. The van der Waals surface area contributed by atoms with Crippen LogP contribution in [0.2, 0.25) is 0 Å². The minimum absolute atomic E-state index is 0.208. The van der Waals surface area contributed by atoms with E-state index in [1.165, 1.54) is 29.2 Å². The van der Waals surface area contributed by atoms with Gasteiger partial charge in [0.25, 0.3) is 0 Å². The van der Waals surface area contributed by atoms with Crippen molar-refractivity contribution in [3.05, 3.63) is 24.3 Å². The van der Waals surface area contributed by atoms with Crippen LogP contribution in [-0.4, -0.2) is 33.2 Å². The van der Waals surface area contributed by atoms with Gasteiger partial charge >= 0.3 is 0 Å². The molecule has 10 heteroatoms. The Morgan fingerprint density at radius 1 is 1.24 bits per heavy atom. The van der Waals surface area contributed by atoms with Crippen molar-refractivity contribution in [1.82, 2.24) is 15.0 Å². The molecule has 25 heavy (non-hydrogen) atoms. The van der Waals surface area contributed by atoms with Crippen LogP contribution in [0.15, 0.2) is 29.4 Å². The number of rotatable bonds is 5. The van der Waals surface area contributed by atoms with Crippen LogP contribution in [0.4, 0.5) is 16.8 Å². The van der Waals surface area contributed by atoms with Gasteiger partial charge in [0, 0.05) is 6.07 Å². The Morgan fingerprint density at radius 3 is 2.64 bits per heavy atom. The fourth-order valence-corrected chi connectivity index (χ4v) is 3.71. The first-order valence-electron chi connectivity index (χ1n) is 7.26. The van der Waals surface area contributed by atoms with Gasteiger partial charge < -0.3 is 21.5 Å². The number of amides is 1. The van der Waals surface area contributed by atoms with Crippen molar-refractivity contribution >= 4 is 56.0 Å². The molecule has 1 aromatic carbocycles. The number of nitrogens with two attached hydrogens (primary N) is 2. The largest absolute Gasteiger partial charge is 0.497 e. The highest BCUT2D eigenvalue weighted by atomic mass is 32.2. The number of anilines is 3. The zero-order valence-electron chi connectivity index (χ0n) is 13.5. The predicted molar refractivity (Wildman–Crippen MR) is 101 cm³/mol. The first-order chi connectivity index (χ1) is 11.9. The lowest BCUT2D eigenvalue weighted by atomic mass is 10.3. The quantitative estimate of drug-likeness (QED) is 0.457. The van der Waals surface area contributed by atoms with Gasteiger partial charge in [0.2, 0.25) is 5.91 Å². The van der Waals surface area contributed by atoms with Gasteiger partial charge in [-0.25, -0.2) is 15.0 Å². The van der Waals surface area contributed by atoms with Crippen LogP contribution >= 0.6 is 23.1 Å². The van der Waals surface area contributed by atoms with Crippen molar-refractivity contribution < 1.29 is 9.53 Å². The Morgan fingerprint density at radius 2 is 1.96 bits per heavy atom. The van der Waals surface area contributed by atoms with Crippen LogP contribution in [0.1, 0.15) is 6.92 Å². The van der Waals surface area contributed by atoms with Gasteiger partial charge in [-0.3, -0.25) is 4.79 Å². The minimum atomic E-state index is -0.442. The molecule has 3 rings (SSSR count). The van der Waals surface area contributed by atoms with Gasteiger partial charge in [0.15, 0.2) is 10.3 Å². The smallest absolute Gasteiger partial charge is 0.239 e. The van der Waals surface area contributed by atoms with E-state index in [2.05, 4.69) is 20.3 Å². The van der Waals surface area contributed by atoms with E-state index in [0.717, 1.165) is 16.0 Å². The van der Waals surface area contributed by atoms with E-state index in [4.69, 9.17) is 16.2 Å². The second kappa shape index (κ2) is 7.11. The highest BCUT2D eigenvalue weighted by molar-refractivity contribution is 8.00. The molecule has 0 aliphatic carbocycles. The summed E-state index contributed by atoms with van der Waals surface area (Å²) < 4.78 is 6.12. The molecule has 0 saturated carbocycles. The Kier molecular flexibility index (Phi) is 4.91. The zero-order valence-corrected chi connectivity index (χ0v) is 15.1. The Hall–Kier alpha value is -2.59. The molecular weight excluding hydrogens is 360 g/mol. The number of nitrogens with zero attached hydrogens (tertiary/aromatic N) is 3. The number of thioether (sulfide) groups is 1. The number of benzene rings is 1. The number of aromatic nitrogens is 3. The molecule has 0 bridgehead atoms. The number of nitrogens with one attached hydrogen (secondary N) is 1. The SMILES string of the molecule is COc1ccc2nc(NC(=O)C(C)Sc3nc(N)cc(N)n3)sc2c1. The van der Waals surface area contributed by atoms with Gasteiger partial charge in [-0.2, -0.15) is 0 Å². The third-order valence-electron chi connectivity index (χ3n) is 3.22. The van der Waals surface area contributed by atoms with E-state index in [1.54, 1.807) is 14.0 Å². The van der Waals surface area contributed by atoms with Gasteiger partial charge in [0.05, 0.1) is 22.6 Å². The summed E-state index contributed by atoms with van der Waals surface area (Å²) >= 11 is 2.55. The summed E-state index contributed by atoms with van der Waals surface area (Å²) in [6.45, 7) is 1.75. The Bertz CT molecular complexity index is 909. The predicted octanol–water partition coefficient (Wildman–Crippen LogP) is 2.38. The monoisotopic (exact) mass is 376 g/mol. The second-order valence-electron chi connectivity index (χ2n) is 5.10. The van der Waals surface area contributed by atoms with E-state index in [-0.39, 0.29) is 17.5 Å². The fraction of sp³-hybridized carbons (Fsp3) is 0.200. The van der Waals surface area contributed by atoms with Gasteiger partial charge in [0.1, 0.15) is 17.4 Å². The number of hydrogen-bond acceptors (Lipinski definition) is 9. The number of thiazole rings is 1. The summed E-state index contributed by atoms with van der Waals surface area (Å²) in [5.74, 6) is 1.07. The highest BCUT2D eigenvalue weighted by Gasteiger charge is 2.18. The maximum absolute atomic E-state index is 12.4. The van der Waals surface area contributed by atoms with Crippen LogP contribution < -0.4 is 21.5 Å². The standard InChI is InChI=1S/C15H16N6O2S2/c1-7(24-15-19-11(16)6-12(17)20-15)13(22)21-14-18-9-4-3-8(23-2)5-10(9)25-14/h3-7H,1-2H3,(H,18,21,22)(H4,16,17,19,20). The molecule has 2 heterocycles. The normalized spacial score (nSPS) is 12.1. The molecular formula is C15H16N6O2S2. The van der Waals surface area contributed by atoms with Crippen molar-refractivity contribution in [2.75, 3.05) is 23.9 Å². The van der Waals surface area contributed by atoms with E-state index in [0.29, 0.717) is 10.3 Å². The summed E-state index contributed by atoms with van der Waals surface area (Å²) in [7, 11) is 1.61. The van der Waals surface area contributed by atoms with Crippen LogP contribution in [0.25, 0.3) is 10.2 Å². The lowest BCUT2D eigenvalue weighted by molar-refractivity contribution is -0.115.